The van der Waals surface area contributed by atoms with Gasteiger partial charge in [-0.05, 0) is 38.1 Å². The zero-order valence-electron chi connectivity index (χ0n) is 11.9. The van der Waals surface area contributed by atoms with E-state index in [2.05, 4.69) is 6.58 Å². The second-order valence-corrected chi connectivity index (χ2v) is 5.10. The van der Waals surface area contributed by atoms with Gasteiger partial charge in [0.15, 0.2) is 5.78 Å². The van der Waals surface area contributed by atoms with Crippen LogP contribution in [0.5, 0.6) is 5.75 Å². The van der Waals surface area contributed by atoms with Crippen LogP contribution >= 0.6 is 23.0 Å². The van der Waals surface area contributed by atoms with E-state index in [0.29, 0.717) is 11.3 Å². The van der Waals surface area contributed by atoms with Gasteiger partial charge in [0.1, 0.15) is 47.6 Å². The zero-order valence-corrected chi connectivity index (χ0v) is 14.1. The van der Waals surface area contributed by atoms with Crippen LogP contribution in [-0.2, 0) is 12.6 Å². The van der Waals surface area contributed by atoms with Crippen molar-refractivity contribution in [2.24, 2.45) is 0 Å². The molecule has 0 aromatic heterocycles. The summed E-state index contributed by atoms with van der Waals surface area (Å²) >= 11 is 1.72. The number of benzene rings is 1. The molecule has 1 rings (SSSR count). The van der Waals surface area contributed by atoms with E-state index in [0.717, 1.165) is 6.08 Å². The molecular formula is C15H17IO5. The molecule has 0 aliphatic rings. The molecule has 0 atom stereocenters. The highest BCUT2D eigenvalue weighted by Crippen LogP contribution is 2.21. The van der Waals surface area contributed by atoms with Crippen LogP contribution in [0.15, 0.2) is 36.9 Å². The molecule has 6 heteroatoms. The van der Waals surface area contributed by atoms with E-state index < -0.39 is 11.6 Å². The van der Waals surface area contributed by atoms with Gasteiger partial charge in [0.25, 0.3) is 0 Å². The van der Waals surface area contributed by atoms with Gasteiger partial charge in [-0.15, -0.1) is 0 Å². The van der Waals surface area contributed by atoms with Crippen LogP contribution in [0.25, 0.3) is 0 Å². The number of rotatable bonds is 8. The molecule has 5 nitrogen and oxygen atoms in total. The number of ketones is 1. The van der Waals surface area contributed by atoms with Gasteiger partial charge in [-0.1, -0.05) is 6.58 Å². The molecule has 0 saturated carbocycles. The van der Waals surface area contributed by atoms with Crippen molar-refractivity contribution >= 4 is 34.8 Å². The third-order valence-electron chi connectivity index (χ3n) is 2.62. The molecule has 0 fully saturated rings. The van der Waals surface area contributed by atoms with E-state index in [4.69, 9.17) is 12.5 Å². The molecule has 0 bridgehead atoms. The summed E-state index contributed by atoms with van der Waals surface area (Å²) in [6.07, 6.45) is 1.09. The zero-order chi connectivity index (χ0) is 15.9. The van der Waals surface area contributed by atoms with E-state index >= 15 is 0 Å². The quantitative estimate of drug-likeness (QED) is 0.219. The van der Waals surface area contributed by atoms with E-state index in [9.17, 15) is 9.59 Å². The van der Waals surface area contributed by atoms with Crippen molar-refractivity contribution in [2.45, 2.75) is 19.4 Å². The Labute approximate surface area is 138 Å². The van der Waals surface area contributed by atoms with Crippen LogP contribution < -0.4 is 4.74 Å². The normalized spacial score (nSPS) is 10.8. The monoisotopic (exact) mass is 404 g/mol. The lowest BCUT2D eigenvalue weighted by molar-refractivity contribution is -0.138. The van der Waals surface area contributed by atoms with Gasteiger partial charge in [-0.3, -0.25) is 4.79 Å². The van der Waals surface area contributed by atoms with Crippen molar-refractivity contribution in [3.63, 3.8) is 0 Å². The topological polar surface area (TPSA) is 61.8 Å². The fourth-order valence-electron chi connectivity index (χ4n) is 1.45. The average molecular weight is 404 g/mol. The largest absolute Gasteiger partial charge is 0.490 e. The maximum absolute atomic E-state index is 12.1. The average Bonchev–Trinajstić information content (AvgIpc) is 2.51. The first kappa shape index (κ1) is 17.6. The van der Waals surface area contributed by atoms with Gasteiger partial charge in [0.05, 0.1) is 0 Å². The number of hydrogen-bond acceptors (Lipinski definition) is 5. The number of carbonyl (C=O) groups is 2. The first-order valence-electron chi connectivity index (χ1n) is 6.27. The maximum Gasteiger partial charge on any atom is 0.330 e. The predicted molar refractivity (Wildman–Crippen MR) is 86.6 cm³/mol. The summed E-state index contributed by atoms with van der Waals surface area (Å²) in [7, 11) is 0. The molecule has 1 aromatic carbocycles. The standard InChI is InChI=1S/C15H17IO5/c1-4-13(17)20-10-9-19-12-7-5-11(6-8-12)14(18)15(2,3)21-16/h4-8H,1,9-10H2,2-3H3. The molecule has 0 spiro atoms. The molecule has 0 amide bonds. The molecule has 0 saturated heterocycles. The fraction of sp³-hybridized carbons (Fsp3) is 0.333. The highest BCUT2D eigenvalue weighted by molar-refractivity contribution is 14.1. The first-order chi connectivity index (χ1) is 9.90. The Kier molecular flexibility index (Phi) is 6.83. The number of carbonyl (C=O) groups excluding carboxylic acids is 2. The van der Waals surface area contributed by atoms with Crippen LogP contribution in [0, 0.1) is 0 Å². The summed E-state index contributed by atoms with van der Waals surface area (Å²) in [4.78, 5) is 23.0. The number of esters is 1. The van der Waals surface area contributed by atoms with E-state index in [-0.39, 0.29) is 19.0 Å². The molecule has 114 valence electrons. The van der Waals surface area contributed by atoms with E-state index in [1.165, 1.54) is 0 Å². The summed E-state index contributed by atoms with van der Waals surface area (Å²) in [6, 6.07) is 6.72. The Morgan fingerprint density at radius 3 is 2.38 bits per heavy atom. The van der Waals surface area contributed by atoms with Crippen LogP contribution in [-0.4, -0.2) is 30.6 Å². The third-order valence-corrected chi connectivity index (χ3v) is 3.72. The molecule has 1 aromatic rings. The molecule has 0 aliphatic carbocycles. The third kappa shape index (κ3) is 5.47. The van der Waals surface area contributed by atoms with Crippen LogP contribution in [0.3, 0.4) is 0 Å². The number of ether oxygens (including phenoxy) is 2. The number of halogens is 1. The minimum atomic E-state index is -0.873. The van der Waals surface area contributed by atoms with Crippen molar-refractivity contribution < 1.29 is 22.1 Å². The molecule has 21 heavy (non-hydrogen) atoms. The smallest absolute Gasteiger partial charge is 0.330 e. The van der Waals surface area contributed by atoms with Gasteiger partial charge in [0.2, 0.25) is 0 Å². The maximum atomic E-state index is 12.1. The minimum Gasteiger partial charge on any atom is -0.490 e. The summed E-state index contributed by atoms with van der Waals surface area (Å²) in [5, 5.41) is 0. The predicted octanol–water partition coefficient (Wildman–Crippen LogP) is 3.12. The molecular weight excluding hydrogens is 387 g/mol. The minimum absolute atomic E-state index is 0.108. The Morgan fingerprint density at radius 2 is 1.86 bits per heavy atom. The van der Waals surface area contributed by atoms with Crippen molar-refractivity contribution in [1.29, 1.82) is 0 Å². The number of hydrogen-bond donors (Lipinski definition) is 0. The Bertz CT molecular complexity index is 507. The molecule has 0 N–H and O–H groups in total. The van der Waals surface area contributed by atoms with Crippen molar-refractivity contribution in [1.82, 2.24) is 0 Å². The second-order valence-electron chi connectivity index (χ2n) is 4.66. The molecule has 0 heterocycles. The highest BCUT2D eigenvalue weighted by atomic mass is 127. The lowest BCUT2D eigenvalue weighted by atomic mass is 9.97. The van der Waals surface area contributed by atoms with Gasteiger partial charge >= 0.3 is 5.97 Å². The number of Topliss-reactive ketones (excluding diaryl/α,β-unsaturated/α-hetero) is 1. The van der Waals surface area contributed by atoms with Crippen LogP contribution in [0.1, 0.15) is 24.2 Å². The summed E-state index contributed by atoms with van der Waals surface area (Å²) < 4.78 is 15.3. The van der Waals surface area contributed by atoms with E-state index in [1.54, 1.807) is 61.1 Å². The summed E-state index contributed by atoms with van der Waals surface area (Å²) in [5.74, 6) is -0.00154. The van der Waals surface area contributed by atoms with Crippen molar-refractivity contribution in [3.05, 3.63) is 42.5 Å². The lowest BCUT2D eigenvalue weighted by Gasteiger charge is -2.19. The second kappa shape index (κ2) is 8.14. The fourth-order valence-corrected chi connectivity index (χ4v) is 1.65. The van der Waals surface area contributed by atoms with Crippen LogP contribution in [0.4, 0.5) is 0 Å². The van der Waals surface area contributed by atoms with Gasteiger partial charge < -0.3 is 12.5 Å². The van der Waals surface area contributed by atoms with Gasteiger partial charge in [-0.2, -0.15) is 0 Å². The lowest BCUT2D eigenvalue weighted by Crippen LogP contribution is -2.31. The Morgan fingerprint density at radius 1 is 1.24 bits per heavy atom. The van der Waals surface area contributed by atoms with Gasteiger partial charge in [0, 0.05) is 11.6 Å². The van der Waals surface area contributed by atoms with E-state index in [1.807, 2.05) is 0 Å². The molecule has 0 unspecified atom stereocenters. The summed E-state index contributed by atoms with van der Waals surface area (Å²) in [6.45, 7) is 7.08. The Balaban J connectivity index is 2.53. The van der Waals surface area contributed by atoms with Gasteiger partial charge in [-0.25, -0.2) is 4.79 Å². The first-order valence-corrected chi connectivity index (χ1v) is 7.15. The summed E-state index contributed by atoms with van der Waals surface area (Å²) in [5.41, 5.74) is -0.330. The molecule has 0 aliphatic heterocycles. The van der Waals surface area contributed by atoms with Crippen LogP contribution in [0.2, 0.25) is 0 Å². The van der Waals surface area contributed by atoms with Crippen molar-refractivity contribution in [2.75, 3.05) is 13.2 Å². The van der Waals surface area contributed by atoms with Crippen molar-refractivity contribution in [3.8, 4) is 5.75 Å². The Hall–Kier alpha value is -1.41. The molecule has 0 radical (unpaired) electrons. The SMILES string of the molecule is C=CC(=O)OCCOc1ccc(C(=O)C(C)(C)OI)cc1. The highest BCUT2D eigenvalue weighted by Gasteiger charge is 2.29.